The second-order valence-corrected chi connectivity index (χ2v) is 6.54. The van der Waals surface area contributed by atoms with Crippen LogP contribution in [0.3, 0.4) is 0 Å². The number of amides is 1. The van der Waals surface area contributed by atoms with Gasteiger partial charge in [-0.15, -0.1) is 0 Å². The van der Waals surface area contributed by atoms with Gasteiger partial charge >= 0.3 is 0 Å². The zero-order valence-electron chi connectivity index (χ0n) is 14.9. The molecule has 0 saturated carbocycles. The van der Waals surface area contributed by atoms with Crippen LogP contribution in [0.2, 0.25) is 5.02 Å². The molecule has 1 aromatic carbocycles. The summed E-state index contributed by atoms with van der Waals surface area (Å²) in [6.45, 7) is 1.31. The molecule has 0 atom stereocenters. The van der Waals surface area contributed by atoms with Gasteiger partial charge in [0.15, 0.2) is 0 Å². The highest BCUT2D eigenvalue weighted by atomic mass is 35.5. The molecule has 138 valence electrons. The summed E-state index contributed by atoms with van der Waals surface area (Å²) in [5.74, 6) is 0.618. The van der Waals surface area contributed by atoms with Gasteiger partial charge in [0.2, 0.25) is 0 Å². The normalized spacial score (nSPS) is 10.4. The summed E-state index contributed by atoms with van der Waals surface area (Å²) in [5, 5.41) is 6.90. The fraction of sp³-hybridized carbons (Fsp3) is 0.190. The lowest BCUT2D eigenvalue weighted by Crippen LogP contribution is -2.25. The first kappa shape index (κ1) is 18.9. The van der Waals surface area contributed by atoms with Crippen LogP contribution in [0, 0.1) is 0 Å². The topological polar surface area (TPSA) is 66.9 Å². The Kier molecular flexibility index (Phi) is 6.77. The molecule has 2 aromatic heterocycles. The SMILES string of the molecule is O=C(NCCc1ccncc1)c1ccc(NCCc2cccc(Cl)c2)nc1. The van der Waals surface area contributed by atoms with E-state index in [1.807, 2.05) is 42.5 Å². The Labute approximate surface area is 163 Å². The van der Waals surface area contributed by atoms with Gasteiger partial charge in [-0.2, -0.15) is 0 Å². The van der Waals surface area contributed by atoms with Crippen molar-refractivity contribution in [2.75, 3.05) is 18.4 Å². The van der Waals surface area contributed by atoms with E-state index in [1.54, 1.807) is 24.7 Å². The van der Waals surface area contributed by atoms with Gasteiger partial charge in [-0.25, -0.2) is 4.98 Å². The number of carbonyl (C=O) groups excluding carboxylic acids is 1. The molecule has 0 aliphatic carbocycles. The predicted molar refractivity (Wildman–Crippen MR) is 108 cm³/mol. The molecule has 27 heavy (non-hydrogen) atoms. The summed E-state index contributed by atoms with van der Waals surface area (Å²) in [6, 6.07) is 15.3. The largest absolute Gasteiger partial charge is 0.370 e. The van der Waals surface area contributed by atoms with Crippen LogP contribution in [0.1, 0.15) is 21.5 Å². The van der Waals surface area contributed by atoms with E-state index in [9.17, 15) is 4.79 Å². The maximum Gasteiger partial charge on any atom is 0.252 e. The Bertz CT molecular complexity index is 869. The summed E-state index contributed by atoms with van der Waals surface area (Å²) < 4.78 is 0. The average molecular weight is 381 g/mol. The van der Waals surface area contributed by atoms with Crippen molar-refractivity contribution in [3.05, 3.63) is 88.8 Å². The van der Waals surface area contributed by atoms with E-state index in [1.165, 1.54) is 5.56 Å². The van der Waals surface area contributed by atoms with E-state index < -0.39 is 0 Å². The molecule has 2 N–H and O–H groups in total. The fourth-order valence-corrected chi connectivity index (χ4v) is 2.84. The van der Waals surface area contributed by atoms with E-state index in [0.717, 1.165) is 35.8 Å². The molecule has 0 saturated heterocycles. The number of hydrogen-bond donors (Lipinski definition) is 2. The van der Waals surface area contributed by atoms with Crippen LogP contribution in [0.5, 0.6) is 0 Å². The number of carbonyl (C=O) groups is 1. The zero-order valence-corrected chi connectivity index (χ0v) is 15.6. The van der Waals surface area contributed by atoms with Gasteiger partial charge < -0.3 is 10.6 Å². The minimum absolute atomic E-state index is 0.123. The molecule has 6 heteroatoms. The number of halogens is 1. The monoisotopic (exact) mass is 380 g/mol. The van der Waals surface area contributed by atoms with Crippen molar-refractivity contribution in [1.29, 1.82) is 0 Å². The van der Waals surface area contributed by atoms with Crippen molar-refractivity contribution in [3.63, 3.8) is 0 Å². The van der Waals surface area contributed by atoms with Crippen molar-refractivity contribution in [2.45, 2.75) is 12.8 Å². The summed E-state index contributed by atoms with van der Waals surface area (Å²) in [7, 11) is 0. The van der Waals surface area contributed by atoms with E-state index in [4.69, 9.17) is 11.6 Å². The molecule has 5 nitrogen and oxygen atoms in total. The number of rotatable bonds is 8. The molecule has 0 aliphatic heterocycles. The van der Waals surface area contributed by atoms with Crippen LogP contribution in [0.4, 0.5) is 5.82 Å². The zero-order chi connectivity index (χ0) is 18.9. The Morgan fingerprint density at radius 3 is 2.52 bits per heavy atom. The number of benzene rings is 1. The first-order valence-electron chi connectivity index (χ1n) is 8.82. The van der Waals surface area contributed by atoms with Gasteiger partial charge in [0.05, 0.1) is 5.56 Å². The smallest absolute Gasteiger partial charge is 0.252 e. The molecule has 2 heterocycles. The van der Waals surface area contributed by atoms with E-state index in [2.05, 4.69) is 20.6 Å². The average Bonchev–Trinajstić information content (AvgIpc) is 2.69. The summed E-state index contributed by atoms with van der Waals surface area (Å²) >= 11 is 5.99. The number of hydrogen-bond acceptors (Lipinski definition) is 4. The highest BCUT2D eigenvalue weighted by Gasteiger charge is 2.06. The molecule has 0 spiro atoms. The number of aromatic nitrogens is 2. The minimum atomic E-state index is -0.123. The maximum absolute atomic E-state index is 12.2. The second kappa shape index (κ2) is 9.69. The fourth-order valence-electron chi connectivity index (χ4n) is 2.63. The van der Waals surface area contributed by atoms with E-state index >= 15 is 0 Å². The molecule has 0 fully saturated rings. The third kappa shape index (κ3) is 6.08. The quantitative estimate of drug-likeness (QED) is 0.624. The Hall–Kier alpha value is -2.92. The van der Waals surface area contributed by atoms with Gasteiger partial charge in [-0.1, -0.05) is 23.7 Å². The van der Waals surface area contributed by atoms with Crippen molar-refractivity contribution in [1.82, 2.24) is 15.3 Å². The van der Waals surface area contributed by atoms with Crippen molar-refractivity contribution >= 4 is 23.3 Å². The van der Waals surface area contributed by atoms with Crippen molar-refractivity contribution in [3.8, 4) is 0 Å². The highest BCUT2D eigenvalue weighted by Crippen LogP contribution is 2.11. The Morgan fingerprint density at radius 2 is 1.78 bits per heavy atom. The highest BCUT2D eigenvalue weighted by molar-refractivity contribution is 6.30. The summed E-state index contributed by atoms with van der Waals surface area (Å²) in [5.41, 5.74) is 2.85. The van der Waals surface area contributed by atoms with Gasteiger partial charge in [-0.05, 0) is 60.4 Å². The number of anilines is 1. The van der Waals surface area contributed by atoms with Gasteiger partial charge in [0, 0.05) is 36.7 Å². The molecule has 3 aromatic rings. The van der Waals surface area contributed by atoms with Gasteiger partial charge in [0.1, 0.15) is 5.82 Å². The lowest BCUT2D eigenvalue weighted by atomic mass is 10.1. The molecule has 1 amide bonds. The minimum Gasteiger partial charge on any atom is -0.370 e. The molecular weight excluding hydrogens is 360 g/mol. The third-order valence-corrected chi connectivity index (χ3v) is 4.32. The van der Waals surface area contributed by atoms with Crippen LogP contribution in [-0.2, 0) is 12.8 Å². The van der Waals surface area contributed by atoms with Crippen molar-refractivity contribution in [2.24, 2.45) is 0 Å². The van der Waals surface area contributed by atoms with E-state index in [-0.39, 0.29) is 5.91 Å². The molecular formula is C21H21ClN4O. The summed E-state index contributed by atoms with van der Waals surface area (Å²) in [4.78, 5) is 20.5. The lowest BCUT2D eigenvalue weighted by Gasteiger charge is -2.08. The Balaban J connectivity index is 1.43. The van der Waals surface area contributed by atoms with Gasteiger partial charge in [-0.3, -0.25) is 9.78 Å². The maximum atomic E-state index is 12.2. The van der Waals surface area contributed by atoms with Crippen LogP contribution < -0.4 is 10.6 Å². The van der Waals surface area contributed by atoms with E-state index in [0.29, 0.717) is 12.1 Å². The van der Waals surface area contributed by atoms with Crippen LogP contribution in [0.25, 0.3) is 0 Å². The van der Waals surface area contributed by atoms with Crippen LogP contribution >= 0.6 is 11.6 Å². The molecule has 3 rings (SSSR count). The number of nitrogens with zero attached hydrogens (tertiary/aromatic N) is 2. The van der Waals surface area contributed by atoms with Crippen molar-refractivity contribution < 1.29 is 4.79 Å². The Morgan fingerprint density at radius 1 is 0.963 bits per heavy atom. The third-order valence-electron chi connectivity index (χ3n) is 4.08. The first-order valence-corrected chi connectivity index (χ1v) is 9.20. The number of pyridine rings is 2. The standard InChI is InChI=1S/C21H21ClN4O/c22-19-3-1-2-17(14-19)9-12-24-20-5-4-18(15-26-20)21(27)25-13-8-16-6-10-23-11-7-16/h1-7,10-11,14-15H,8-9,12-13H2,(H,24,26)(H,25,27). The number of nitrogens with one attached hydrogen (secondary N) is 2. The first-order chi connectivity index (χ1) is 13.2. The summed E-state index contributed by atoms with van der Waals surface area (Å²) in [6.07, 6.45) is 6.70. The van der Waals surface area contributed by atoms with Crippen LogP contribution in [-0.4, -0.2) is 29.0 Å². The van der Waals surface area contributed by atoms with Crippen LogP contribution in [0.15, 0.2) is 67.1 Å². The molecule has 0 radical (unpaired) electrons. The molecule has 0 aliphatic rings. The molecule has 0 unspecified atom stereocenters. The van der Waals surface area contributed by atoms with Gasteiger partial charge in [0.25, 0.3) is 5.91 Å². The second-order valence-electron chi connectivity index (χ2n) is 6.10. The lowest BCUT2D eigenvalue weighted by molar-refractivity contribution is 0.0954. The predicted octanol–water partition coefficient (Wildman–Crippen LogP) is 3.76. The molecule has 0 bridgehead atoms.